The van der Waals surface area contributed by atoms with E-state index in [1.165, 1.54) is 12.8 Å². The van der Waals surface area contributed by atoms with Crippen molar-refractivity contribution in [3.05, 3.63) is 22.1 Å². The van der Waals surface area contributed by atoms with E-state index in [-0.39, 0.29) is 5.56 Å². The van der Waals surface area contributed by atoms with Crippen LogP contribution in [0, 0.1) is 6.92 Å². The molecule has 3 rings (SSSR count). The van der Waals surface area contributed by atoms with Crippen LogP contribution in [0.25, 0.3) is 11.0 Å². The van der Waals surface area contributed by atoms with Crippen molar-refractivity contribution >= 4 is 17.0 Å². The number of rotatable bonds is 1. The Labute approximate surface area is 92.5 Å². The average molecular weight is 218 g/mol. The number of aromatic amines is 2. The zero-order valence-corrected chi connectivity index (χ0v) is 9.21. The Morgan fingerprint density at radius 2 is 2.06 bits per heavy atom. The Hall–Kier alpha value is -1.78. The Morgan fingerprint density at radius 1 is 1.31 bits per heavy atom. The predicted molar refractivity (Wildman–Crippen MR) is 62.9 cm³/mol. The highest BCUT2D eigenvalue weighted by molar-refractivity contribution is 5.76. The van der Waals surface area contributed by atoms with Crippen LogP contribution in [0.5, 0.6) is 0 Å². The highest BCUT2D eigenvalue weighted by Crippen LogP contribution is 2.16. The van der Waals surface area contributed by atoms with Gasteiger partial charge in [-0.1, -0.05) is 0 Å². The van der Waals surface area contributed by atoms with Gasteiger partial charge in [0.2, 0.25) is 5.95 Å². The van der Waals surface area contributed by atoms with E-state index >= 15 is 0 Å². The molecule has 0 aliphatic carbocycles. The molecule has 84 valence electrons. The molecule has 0 atom stereocenters. The van der Waals surface area contributed by atoms with E-state index in [4.69, 9.17) is 0 Å². The molecular formula is C11H14N4O. The quantitative estimate of drug-likeness (QED) is 0.755. The summed E-state index contributed by atoms with van der Waals surface area (Å²) in [4.78, 5) is 24.4. The molecule has 5 heteroatoms. The molecule has 1 aliphatic rings. The Balaban J connectivity index is 2.16. The lowest BCUT2D eigenvalue weighted by molar-refractivity contribution is 0.898. The first kappa shape index (κ1) is 9.45. The van der Waals surface area contributed by atoms with Crippen LogP contribution in [-0.2, 0) is 0 Å². The van der Waals surface area contributed by atoms with Crippen LogP contribution in [0.1, 0.15) is 18.5 Å². The molecule has 0 radical (unpaired) electrons. The molecule has 1 fully saturated rings. The normalized spacial score (nSPS) is 16.2. The van der Waals surface area contributed by atoms with Gasteiger partial charge in [-0.05, 0) is 25.8 Å². The van der Waals surface area contributed by atoms with Gasteiger partial charge in [0.25, 0.3) is 5.56 Å². The molecule has 0 unspecified atom stereocenters. The zero-order valence-electron chi connectivity index (χ0n) is 9.21. The topological polar surface area (TPSA) is 64.8 Å². The maximum Gasteiger partial charge on any atom is 0.261 e. The number of aromatic nitrogens is 3. The SMILES string of the molecule is Cc1cc2c(=O)[nH]c(N3CCCC3)nc2[nH]1. The Morgan fingerprint density at radius 3 is 2.81 bits per heavy atom. The molecule has 0 saturated carbocycles. The number of nitrogens with zero attached hydrogens (tertiary/aromatic N) is 2. The third-order valence-corrected chi connectivity index (χ3v) is 3.02. The van der Waals surface area contributed by atoms with Crippen molar-refractivity contribution in [1.29, 1.82) is 0 Å². The van der Waals surface area contributed by atoms with Crippen LogP contribution in [0.3, 0.4) is 0 Å². The summed E-state index contributed by atoms with van der Waals surface area (Å²) >= 11 is 0. The lowest BCUT2D eigenvalue weighted by Gasteiger charge is -2.14. The van der Waals surface area contributed by atoms with Crippen molar-refractivity contribution in [1.82, 2.24) is 15.0 Å². The van der Waals surface area contributed by atoms with Crippen LogP contribution in [0.4, 0.5) is 5.95 Å². The van der Waals surface area contributed by atoms with Gasteiger partial charge < -0.3 is 9.88 Å². The fraction of sp³-hybridized carbons (Fsp3) is 0.455. The summed E-state index contributed by atoms with van der Waals surface area (Å²) in [7, 11) is 0. The van der Waals surface area contributed by atoms with Gasteiger partial charge in [0.05, 0.1) is 5.39 Å². The van der Waals surface area contributed by atoms with E-state index in [1.807, 2.05) is 13.0 Å². The minimum Gasteiger partial charge on any atom is -0.343 e. The summed E-state index contributed by atoms with van der Waals surface area (Å²) in [5.74, 6) is 0.692. The van der Waals surface area contributed by atoms with Gasteiger partial charge in [0.1, 0.15) is 5.65 Å². The summed E-state index contributed by atoms with van der Waals surface area (Å²) in [5, 5.41) is 0.639. The molecule has 2 aromatic heterocycles. The summed E-state index contributed by atoms with van der Waals surface area (Å²) in [6.07, 6.45) is 2.34. The maximum absolute atomic E-state index is 11.8. The van der Waals surface area contributed by atoms with Gasteiger partial charge in [-0.25, -0.2) is 0 Å². The fourth-order valence-electron chi connectivity index (χ4n) is 2.22. The van der Waals surface area contributed by atoms with Crippen molar-refractivity contribution in [3.8, 4) is 0 Å². The lowest BCUT2D eigenvalue weighted by Crippen LogP contribution is -2.23. The van der Waals surface area contributed by atoms with E-state index < -0.39 is 0 Å². The number of H-pyrrole nitrogens is 2. The van der Waals surface area contributed by atoms with Gasteiger partial charge in [0, 0.05) is 18.8 Å². The molecule has 2 aromatic rings. The smallest absolute Gasteiger partial charge is 0.261 e. The molecule has 0 spiro atoms. The molecule has 2 N–H and O–H groups in total. The van der Waals surface area contributed by atoms with Crippen LogP contribution in [0.2, 0.25) is 0 Å². The third-order valence-electron chi connectivity index (χ3n) is 3.02. The van der Waals surface area contributed by atoms with Gasteiger partial charge in [0.15, 0.2) is 0 Å². The highest BCUT2D eigenvalue weighted by Gasteiger charge is 2.16. The summed E-state index contributed by atoms with van der Waals surface area (Å²) < 4.78 is 0. The Kier molecular flexibility index (Phi) is 1.99. The Bertz CT molecular complexity index is 577. The summed E-state index contributed by atoms with van der Waals surface area (Å²) in [5.41, 5.74) is 1.59. The number of hydrogen-bond acceptors (Lipinski definition) is 3. The van der Waals surface area contributed by atoms with Gasteiger partial charge in [-0.15, -0.1) is 0 Å². The van der Waals surface area contributed by atoms with Gasteiger partial charge in [-0.3, -0.25) is 9.78 Å². The molecule has 0 amide bonds. The molecule has 0 bridgehead atoms. The number of aryl methyl sites for hydroxylation is 1. The highest BCUT2D eigenvalue weighted by atomic mass is 16.1. The summed E-state index contributed by atoms with van der Waals surface area (Å²) in [6, 6.07) is 1.83. The van der Waals surface area contributed by atoms with Crippen molar-refractivity contribution in [3.63, 3.8) is 0 Å². The molecule has 16 heavy (non-hydrogen) atoms. The van der Waals surface area contributed by atoms with E-state index in [2.05, 4.69) is 19.9 Å². The van der Waals surface area contributed by atoms with Gasteiger partial charge >= 0.3 is 0 Å². The molecule has 0 aromatic carbocycles. The van der Waals surface area contributed by atoms with Crippen molar-refractivity contribution in [2.75, 3.05) is 18.0 Å². The van der Waals surface area contributed by atoms with E-state index in [0.29, 0.717) is 17.0 Å². The maximum atomic E-state index is 11.8. The standard InChI is InChI=1S/C11H14N4O/c1-7-6-8-9(12-7)13-11(14-10(8)16)15-4-2-3-5-15/h6H,2-5H2,1H3,(H2,12,13,14,16). The van der Waals surface area contributed by atoms with Crippen LogP contribution < -0.4 is 10.5 Å². The van der Waals surface area contributed by atoms with E-state index in [1.54, 1.807) is 0 Å². The number of fused-ring (bicyclic) bond motifs is 1. The largest absolute Gasteiger partial charge is 0.343 e. The monoisotopic (exact) mass is 218 g/mol. The van der Waals surface area contributed by atoms with Crippen molar-refractivity contribution in [2.45, 2.75) is 19.8 Å². The number of nitrogens with one attached hydrogen (secondary N) is 2. The molecule has 1 saturated heterocycles. The second-order valence-electron chi connectivity index (χ2n) is 4.30. The van der Waals surface area contributed by atoms with E-state index in [9.17, 15) is 4.79 Å². The number of anilines is 1. The zero-order chi connectivity index (χ0) is 11.1. The fourth-order valence-corrected chi connectivity index (χ4v) is 2.22. The minimum atomic E-state index is -0.0590. The first-order chi connectivity index (χ1) is 7.74. The van der Waals surface area contributed by atoms with Crippen molar-refractivity contribution in [2.24, 2.45) is 0 Å². The average Bonchev–Trinajstić information content (AvgIpc) is 2.84. The molecule has 3 heterocycles. The predicted octanol–water partition coefficient (Wildman–Crippen LogP) is 1.16. The second kappa shape index (κ2) is 3.37. The first-order valence-electron chi connectivity index (χ1n) is 5.58. The van der Waals surface area contributed by atoms with Gasteiger partial charge in [-0.2, -0.15) is 4.98 Å². The second-order valence-corrected chi connectivity index (χ2v) is 4.30. The number of hydrogen-bond donors (Lipinski definition) is 2. The minimum absolute atomic E-state index is 0.0590. The van der Waals surface area contributed by atoms with Crippen LogP contribution in [-0.4, -0.2) is 28.0 Å². The third kappa shape index (κ3) is 1.39. The lowest BCUT2D eigenvalue weighted by atomic mass is 10.4. The van der Waals surface area contributed by atoms with Crippen LogP contribution in [0.15, 0.2) is 10.9 Å². The van der Waals surface area contributed by atoms with Crippen LogP contribution >= 0.6 is 0 Å². The first-order valence-corrected chi connectivity index (χ1v) is 5.58. The molecule has 1 aliphatic heterocycles. The molecular weight excluding hydrogens is 204 g/mol. The summed E-state index contributed by atoms with van der Waals surface area (Å²) in [6.45, 7) is 3.89. The van der Waals surface area contributed by atoms with E-state index in [0.717, 1.165) is 18.8 Å². The van der Waals surface area contributed by atoms with Crippen molar-refractivity contribution < 1.29 is 0 Å². The molecule has 5 nitrogen and oxygen atoms in total.